The zero-order valence-corrected chi connectivity index (χ0v) is 27.5. The number of halogens is 1. The van der Waals surface area contributed by atoms with Gasteiger partial charge in [0.2, 0.25) is 0 Å². The number of benzene rings is 1. The first-order valence-corrected chi connectivity index (χ1v) is 16.9. The fraction of sp³-hybridized carbons (Fsp3) is 0.800. The van der Waals surface area contributed by atoms with Crippen molar-refractivity contribution in [2.24, 2.45) is 22.7 Å². The summed E-state index contributed by atoms with van der Waals surface area (Å²) in [6.45, 7) is 10.1. The molecule has 2 heterocycles. The van der Waals surface area contributed by atoms with E-state index in [9.17, 15) is 14.3 Å². The lowest BCUT2D eigenvalue weighted by atomic mass is 9.33. The molecule has 7 atom stereocenters. The summed E-state index contributed by atoms with van der Waals surface area (Å²) in [7, 11) is 1.79. The fourth-order valence-electron chi connectivity index (χ4n) is 10.2. The van der Waals surface area contributed by atoms with Crippen LogP contribution in [0.1, 0.15) is 77.3 Å². The standard InChI is InChI=1S/C35H50FNO8/c1-31(2,3)32(4,39)25-19-33-10-11-35(25,40-5)29-34(33)12-13-37(20-22-6-7-22)26(33)18-23-8-9-24(28(45-29)27(23)34)44-30(38)43-17-16-41-14-15-42-21-36/h8-9,22,25-26,29,39H,6-7,10-21H2,1-5H3/t25-,26-,29-,32+,33-,34+,35+/m1/s1. The second kappa shape index (κ2) is 11.0. The first kappa shape index (κ1) is 31.6. The van der Waals surface area contributed by atoms with Gasteiger partial charge in [0.25, 0.3) is 0 Å². The lowest BCUT2D eigenvalue weighted by Gasteiger charge is -2.75. The number of hydrogen-bond donors (Lipinski definition) is 1. The largest absolute Gasteiger partial charge is 0.514 e. The molecule has 1 aromatic carbocycles. The molecule has 5 fully saturated rings. The zero-order valence-electron chi connectivity index (χ0n) is 27.5. The Balaban J connectivity index is 1.24. The fourth-order valence-corrected chi connectivity index (χ4v) is 10.2. The maximum absolute atomic E-state index is 12.8. The number of hydrogen-bond acceptors (Lipinski definition) is 9. The third-order valence-corrected chi connectivity index (χ3v) is 12.9. The van der Waals surface area contributed by atoms with Gasteiger partial charge in [0.1, 0.15) is 18.3 Å². The van der Waals surface area contributed by atoms with E-state index in [1.54, 1.807) is 7.11 Å². The quantitative estimate of drug-likeness (QED) is 0.190. The summed E-state index contributed by atoms with van der Waals surface area (Å²) in [4.78, 5) is 15.6. The van der Waals surface area contributed by atoms with Crippen molar-refractivity contribution >= 4 is 6.16 Å². The molecule has 2 aliphatic heterocycles. The highest BCUT2D eigenvalue weighted by molar-refractivity contribution is 5.70. The van der Waals surface area contributed by atoms with Gasteiger partial charge >= 0.3 is 6.16 Å². The Bertz CT molecular complexity index is 1310. The Hall–Kier alpha value is -1.98. The van der Waals surface area contributed by atoms with Crippen molar-refractivity contribution in [3.63, 3.8) is 0 Å². The number of piperidine rings is 1. The van der Waals surface area contributed by atoms with Crippen LogP contribution in [0.5, 0.6) is 11.5 Å². The number of methoxy groups -OCH3 is 1. The van der Waals surface area contributed by atoms with Gasteiger partial charge in [-0.1, -0.05) is 26.8 Å². The van der Waals surface area contributed by atoms with Gasteiger partial charge in [-0.15, -0.1) is 0 Å². The molecule has 1 N–H and O–H groups in total. The molecule has 1 aromatic rings. The normalized spacial score (nSPS) is 35.8. The van der Waals surface area contributed by atoms with Gasteiger partial charge in [-0.2, -0.15) is 0 Å². The molecule has 0 aromatic heterocycles. The van der Waals surface area contributed by atoms with E-state index in [0.717, 1.165) is 51.1 Å². The van der Waals surface area contributed by atoms with Gasteiger partial charge in [0, 0.05) is 42.0 Å². The number of nitrogens with zero attached hydrogens (tertiary/aromatic N) is 1. The number of ether oxygens (including phenoxy) is 6. The van der Waals surface area contributed by atoms with Crippen molar-refractivity contribution in [3.8, 4) is 11.5 Å². The van der Waals surface area contributed by atoms with E-state index in [-0.39, 0.29) is 54.7 Å². The predicted molar refractivity (Wildman–Crippen MR) is 163 cm³/mol. The molecule has 0 unspecified atom stereocenters. The van der Waals surface area contributed by atoms with Crippen molar-refractivity contribution in [1.82, 2.24) is 4.90 Å². The molecular weight excluding hydrogens is 581 g/mol. The minimum atomic E-state index is -1.00. The third-order valence-electron chi connectivity index (χ3n) is 12.9. The summed E-state index contributed by atoms with van der Waals surface area (Å²) in [5.74, 6) is 1.65. The van der Waals surface area contributed by atoms with Crippen molar-refractivity contribution in [1.29, 1.82) is 0 Å². The minimum Gasteiger partial charge on any atom is -0.482 e. The van der Waals surface area contributed by atoms with Crippen LogP contribution in [-0.2, 0) is 30.8 Å². The van der Waals surface area contributed by atoms with Crippen LogP contribution < -0.4 is 9.47 Å². The summed E-state index contributed by atoms with van der Waals surface area (Å²) < 4.78 is 46.9. The van der Waals surface area contributed by atoms with Crippen LogP contribution in [0.3, 0.4) is 0 Å². The van der Waals surface area contributed by atoms with Crippen LogP contribution >= 0.6 is 0 Å². The van der Waals surface area contributed by atoms with Gasteiger partial charge < -0.3 is 33.5 Å². The summed E-state index contributed by atoms with van der Waals surface area (Å²) in [6.07, 6.45) is 6.09. The second-order valence-electron chi connectivity index (χ2n) is 15.6. The average molecular weight is 632 g/mol. The van der Waals surface area contributed by atoms with Crippen molar-refractivity contribution in [2.45, 2.75) is 101 Å². The average Bonchev–Trinajstić information content (AvgIpc) is 3.75. The Morgan fingerprint density at radius 2 is 1.84 bits per heavy atom. The molecule has 8 rings (SSSR count). The maximum Gasteiger partial charge on any atom is 0.514 e. The van der Waals surface area contributed by atoms with Crippen LogP contribution in [0.2, 0.25) is 0 Å². The van der Waals surface area contributed by atoms with Gasteiger partial charge in [-0.3, -0.25) is 4.90 Å². The molecule has 2 spiro atoms. The number of carbonyl (C=O) groups is 1. The summed E-state index contributed by atoms with van der Waals surface area (Å²) in [5, 5.41) is 12.4. The molecule has 4 bridgehead atoms. The van der Waals surface area contributed by atoms with Crippen LogP contribution in [0.25, 0.3) is 0 Å². The number of alkyl halides is 1. The smallest absolute Gasteiger partial charge is 0.482 e. The molecular formula is C35H50FNO8. The highest BCUT2D eigenvalue weighted by atomic mass is 19.1. The van der Waals surface area contributed by atoms with Crippen molar-refractivity contribution in [3.05, 3.63) is 23.3 Å². The highest BCUT2D eigenvalue weighted by Crippen LogP contribution is 2.78. The molecule has 5 aliphatic carbocycles. The third kappa shape index (κ3) is 4.52. The van der Waals surface area contributed by atoms with E-state index < -0.39 is 24.2 Å². The number of aliphatic hydroxyl groups is 1. The molecule has 1 saturated heterocycles. The Morgan fingerprint density at radius 3 is 2.56 bits per heavy atom. The second-order valence-corrected chi connectivity index (χ2v) is 15.6. The summed E-state index contributed by atoms with van der Waals surface area (Å²) >= 11 is 0. The predicted octanol–water partition coefficient (Wildman–Crippen LogP) is 5.18. The van der Waals surface area contributed by atoms with E-state index >= 15 is 0 Å². The van der Waals surface area contributed by atoms with E-state index in [2.05, 4.69) is 36.5 Å². The van der Waals surface area contributed by atoms with E-state index in [4.69, 9.17) is 23.7 Å². The number of carbonyl (C=O) groups excluding carboxylic acids is 1. The first-order valence-electron chi connectivity index (χ1n) is 16.9. The Morgan fingerprint density at radius 1 is 1.09 bits per heavy atom. The lowest BCUT2D eigenvalue weighted by molar-refractivity contribution is -0.312. The minimum absolute atomic E-state index is 0.000123. The van der Waals surface area contributed by atoms with E-state index in [1.165, 1.54) is 24.0 Å². The highest BCUT2D eigenvalue weighted by Gasteiger charge is 2.82. The van der Waals surface area contributed by atoms with Crippen molar-refractivity contribution < 1.29 is 42.7 Å². The lowest BCUT2D eigenvalue weighted by Crippen LogP contribution is -2.83. The van der Waals surface area contributed by atoms with Gasteiger partial charge in [0.15, 0.2) is 18.4 Å². The van der Waals surface area contributed by atoms with Crippen LogP contribution in [-0.4, -0.2) is 93.0 Å². The van der Waals surface area contributed by atoms with Crippen LogP contribution in [0.15, 0.2) is 12.1 Å². The number of rotatable bonds is 12. The molecule has 250 valence electrons. The van der Waals surface area contributed by atoms with Crippen molar-refractivity contribution in [2.75, 3.05) is 53.5 Å². The Labute approximate surface area is 266 Å². The first-order chi connectivity index (χ1) is 21.4. The summed E-state index contributed by atoms with van der Waals surface area (Å²) in [5.41, 5.74) is -0.00636. The molecule has 10 heteroatoms. The zero-order chi connectivity index (χ0) is 31.8. The van der Waals surface area contributed by atoms with Crippen LogP contribution in [0.4, 0.5) is 9.18 Å². The van der Waals surface area contributed by atoms with E-state index in [0.29, 0.717) is 17.5 Å². The molecule has 7 aliphatic rings. The van der Waals surface area contributed by atoms with Gasteiger partial charge in [-0.05, 0) is 81.4 Å². The monoisotopic (exact) mass is 631 g/mol. The molecule has 0 radical (unpaired) electrons. The Kier molecular flexibility index (Phi) is 7.76. The summed E-state index contributed by atoms with van der Waals surface area (Å²) in [6, 6.07) is 4.32. The number of fused-ring (bicyclic) bond motifs is 2. The van der Waals surface area contributed by atoms with Gasteiger partial charge in [-0.25, -0.2) is 9.18 Å². The molecule has 45 heavy (non-hydrogen) atoms. The maximum atomic E-state index is 12.8. The van der Waals surface area contributed by atoms with Crippen LogP contribution in [0, 0.1) is 22.7 Å². The SMILES string of the molecule is CO[C@@]12CC[C@@]3(C[C@@H]1[C@](C)(O)C(C)(C)C)[C@H]1Cc4ccc(OC(=O)OCCOCCOCF)c5c4[C@@]3(CCN1CC1CC1)[C@H]2O5. The van der Waals surface area contributed by atoms with E-state index in [1.807, 2.05) is 13.0 Å². The van der Waals surface area contributed by atoms with Gasteiger partial charge in [0.05, 0.1) is 25.4 Å². The molecule has 9 nitrogen and oxygen atoms in total. The molecule has 0 amide bonds. The topological polar surface area (TPSA) is 95.9 Å². The molecule has 4 saturated carbocycles. The number of likely N-dealkylation sites (tertiary alicyclic amines) is 1.